The van der Waals surface area contributed by atoms with E-state index in [1.807, 2.05) is 0 Å². The average Bonchev–Trinajstić information content (AvgIpc) is 2.43. The maximum atomic E-state index is 11.9. The third-order valence-corrected chi connectivity index (χ3v) is 3.16. The maximum Gasteiger partial charge on any atom is 0.303 e. The second-order valence-electron chi connectivity index (χ2n) is 5.93. The third kappa shape index (κ3) is 7.90. The molecule has 0 aliphatic heterocycles. The standard InChI is InChI=1S/C17H26O5/c1-7-17(6,21-14(3)18)11-8-9-13(2)15(19)10-12-16(4,5)22-20/h7,9-10,12,20H,1,8,11H2,2-6H3/b12-10+,13-9+/t17-/m0/s1. The van der Waals surface area contributed by atoms with Crippen LogP contribution < -0.4 is 0 Å². The molecule has 0 unspecified atom stereocenters. The molecule has 5 heteroatoms. The van der Waals surface area contributed by atoms with Gasteiger partial charge in [0, 0.05) is 6.92 Å². The molecule has 0 saturated heterocycles. The van der Waals surface area contributed by atoms with Crippen LogP contribution in [0.15, 0.2) is 36.5 Å². The molecule has 22 heavy (non-hydrogen) atoms. The summed E-state index contributed by atoms with van der Waals surface area (Å²) < 4.78 is 5.21. The molecule has 0 aliphatic carbocycles. The Balaban J connectivity index is 4.65. The highest BCUT2D eigenvalue weighted by Crippen LogP contribution is 2.20. The molecule has 0 radical (unpaired) electrons. The number of esters is 1. The van der Waals surface area contributed by atoms with Crippen molar-refractivity contribution in [1.29, 1.82) is 0 Å². The number of hydrogen-bond acceptors (Lipinski definition) is 5. The van der Waals surface area contributed by atoms with Crippen LogP contribution in [0, 0.1) is 0 Å². The van der Waals surface area contributed by atoms with Crippen LogP contribution in [0.3, 0.4) is 0 Å². The minimum Gasteiger partial charge on any atom is -0.455 e. The summed E-state index contributed by atoms with van der Waals surface area (Å²) in [6, 6.07) is 0. The number of carbonyl (C=O) groups is 2. The van der Waals surface area contributed by atoms with E-state index in [2.05, 4.69) is 11.5 Å². The zero-order valence-corrected chi connectivity index (χ0v) is 14.0. The molecule has 0 aromatic carbocycles. The van der Waals surface area contributed by atoms with Gasteiger partial charge in [0.1, 0.15) is 11.2 Å². The van der Waals surface area contributed by atoms with Crippen molar-refractivity contribution in [2.75, 3.05) is 0 Å². The van der Waals surface area contributed by atoms with Gasteiger partial charge >= 0.3 is 5.97 Å². The van der Waals surface area contributed by atoms with Gasteiger partial charge < -0.3 is 4.74 Å². The minimum absolute atomic E-state index is 0.169. The van der Waals surface area contributed by atoms with Gasteiger partial charge in [0.25, 0.3) is 0 Å². The molecule has 0 aromatic rings. The SMILES string of the molecule is C=C[C@@](C)(CC/C=C(\C)C(=O)/C=C/C(C)(C)OO)OC(C)=O. The minimum atomic E-state index is -0.910. The molecule has 0 bridgehead atoms. The Morgan fingerprint density at radius 3 is 2.27 bits per heavy atom. The van der Waals surface area contributed by atoms with Gasteiger partial charge in [-0.3, -0.25) is 14.8 Å². The molecule has 0 saturated carbocycles. The van der Waals surface area contributed by atoms with E-state index in [0.29, 0.717) is 18.4 Å². The number of ketones is 1. The largest absolute Gasteiger partial charge is 0.455 e. The molecule has 1 atom stereocenters. The lowest BCUT2D eigenvalue weighted by Crippen LogP contribution is -2.27. The lowest BCUT2D eigenvalue weighted by atomic mass is 9.98. The Morgan fingerprint density at radius 1 is 1.23 bits per heavy atom. The van der Waals surface area contributed by atoms with Crippen molar-refractivity contribution < 1.29 is 24.5 Å². The topological polar surface area (TPSA) is 72.8 Å². The van der Waals surface area contributed by atoms with Crippen LogP contribution in [-0.4, -0.2) is 28.2 Å². The lowest BCUT2D eigenvalue weighted by Gasteiger charge is -2.24. The number of rotatable bonds is 9. The summed E-state index contributed by atoms with van der Waals surface area (Å²) in [4.78, 5) is 27.2. The molecule has 0 aromatic heterocycles. The highest BCUT2D eigenvalue weighted by atomic mass is 17.1. The summed E-state index contributed by atoms with van der Waals surface area (Å²) in [6.45, 7) is 11.8. The van der Waals surface area contributed by atoms with Crippen LogP contribution in [0.25, 0.3) is 0 Å². The Kier molecular flexibility index (Phi) is 7.98. The smallest absolute Gasteiger partial charge is 0.303 e. The fourth-order valence-electron chi connectivity index (χ4n) is 1.64. The molecule has 0 fully saturated rings. The molecule has 0 amide bonds. The van der Waals surface area contributed by atoms with Gasteiger partial charge in [-0.25, -0.2) is 4.89 Å². The first kappa shape index (κ1) is 20.3. The van der Waals surface area contributed by atoms with Crippen molar-refractivity contribution >= 4 is 11.8 Å². The zero-order valence-electron chi connectivity index (χ0n) is 14.0. The number of ether oxygens (including phenoxy) is 1. The quantitative estimate of drug-likeness (QED) is 0.231. The first-order valence-electron chi connectivity index (χ1n) is 7.11. The van der Waals surface area contributed by atoms with Crippen LogP contribution in [-0.2, 0) is 19.2 Å². The number of allylic oxidation sites excluding steroid dienone is 3. The molecule has 5 nitrogen and oxygen atoms in total. The molecular weight excluding hydrogens is 284 g/mol. The Hall–Kier alpha value is -1.72. The predicted molar refractivity (Wildman–Crippen MR) is 85.3 cm³/mol. The summed E-state index contributed by atoms with van der Waals surface area (Å²) >= 11 is 0. The van der Waals surface area contributed by atoms with Crippen molar-refractivity contribution in [3.63, 3.8) is 0 Å². The average molecular weight is 310 g/mol. The predicted octanol–water partition coefficient (Wildman–Crippen LogP) is 3.61. The van der Waals surface area contributed by atoms with Gasteiger partial charge in [-0.05, 0) is 64.3 Å². The fraction of sp³-hybridized carbons (Fsp3) is 0.529. The fourth-order valence-corrected chi connectivity index (χ4v) is 1.64. The van der Waals surface area contributed by atoms with Crippen molar-refractivity contribution in [2.45, 2.75) is 58.7 Å². The van der Waals surface area contributed by atoms with Crippen LogP contribution in [0.1, 0.15) is 47.5 Å². The van der Waals surface area contributed by atoms with E-state index in [4.69, 9.17) is 9.99 Å². The van der Waals surface area contributed by atoms with Crippen molar-refractivity contribution in [3.8, 4) is 0 Å². The van der Waals surface area contributed by atoms with E-state index < -0.39 is 11.2 Å². The van der Waals surface area contributed by atoms with Crippen LogP contribution in [0.4, 0.5) is 0 Å². The summed E-state index contributed by atoms with van der Waals surface area (Å²) in [5.41, 5.74) is -1.08. The van der Waals surface area contributed by atoms with E-state index in [9.17, 15) is 9.59 Å². The van der Waals surface area contributed by atoms with E-state index in [0.717, 1.165) is 0 Å². The third-order valence-electron chi connectivity index (χ3n) is 3.16. The molecule has 0 spiro atoms. The van der Waals surface area contributed by atoms with Gasteiger partial charge in [-0.2, -0.15) is 0 Å². The second-order valence-corrected chi connectivity index (χ2v) is 5.93. The summed E-state index contributed by atoms with van der Waals surface area (Å²) in [6.07, 6.45) is 7.32. The van der Waals surface area contributed by atoms with Gasteiger partial charge in [-0.15, -0.1) is 0 Å². The lowest BCUT2D eigenvalue weighted by molar-refractivity contribution is -0.297. The Labute approximate surface area is 132 Å². The molecule has 124 valence electrons. The van der Waals surface area contributed by atoms with Crippen molar-refractivity contribution in [1.82, 2.24) is 0 Å². The first-order valence-corrected chi connectivity index (χ1v) is 7.11. The summed E-state index contributed by atoms with van der Waals surface area (Å²) in [5, 5.41) is 8.65. The van der Waals surface area contributed by atoms with E-state index in [1.54, 1.807) is 39.8 Å². The number of hydrogen-bond donors (Lipinski definition) is 1. The van der Waals surface area contributed by atoms with Crippen molar-refractivity contribution in [2.24, 2.45) is 0 Å². The Bertz CT molecular complexity index is 473. The van der Waals surface area contributed by atoms with Gasteiger partial charge in [0.2, 0.25) is 0 Å². The molecule has 1 N–H and O–H groups in total. The second kappa shape index (κ2) is 8.66. The van der Waals surface area contributed by atoms with E-state index >= 15 is 0 Å². The van der Waals surface area contributed by atoms with Crippen molar-refractivity contribution in [3.05, 3.63) is 36.5 Å². The zero-order chi connectivity index (χ0) is 17.4. The normalized spacial score (nSPS) is 15.5. The van der Waals surface area contributed by atoms with Crippen LogP contribution >= 0.6 is 0 Å². The van der Waals surface area contributed by atoms with E-state index in [-0.39, 0.29) is 11.8 Å². The Morgan fingerprint density at radius 2 is 1.82 bits per heavy atom. The maximum absolute atomic E-state index is 11.9. The molecule has 0 rings (SSSR count). The van der Waals surface area contributed by atoms with Crippen LogP contribution in [0.2, 0.25) is 0 Å². The first-order chi connectivity index (χ1) is 10.0. The van der Waals surface area contributed by atoms with E-state index in [1.165, 1.54) is 19.1 Å². The summed E-state index contributed by atoms with van der Waals surface area (Å²) in [7, 11) is 0. The highest BCUT2D eigenvalue weighted by molar-refractivity contribution is 6.03. The van der Waals surface area contributed by atoms with Gasteiger partial charge in [-0.1, -0.05) is 12.7 Å². The molecule has 0 aliphatic rings. The van der Waals surface area contributed by atoms with Crippen LogP contribution in [0.5, 0.6) is 0 Å². The molecular formula is C17H26O5. The summed E-state index contributed by atoms with van der Waals surface area (Å²) in [5.74, 6) is -0.536. The molecule has 0 heterocycles. The highest BCUT2D eigenvalue weighted by Gasteiger charge is 2.22. The van der Waals surface area contributed by atoms with Gasteiger partial charge in [0.05, 0.1) is 0 Å². The number of carbonyl (C=O) groups excluding carboxylic acids is 2. The van der Waals surface area contributed by atoms with Gasteiger partial charge in [0.15, 0.2) is 5.78 Å². The monoisotopic (exact) mass is 310 g/mol.